The van der Waals surface area contributed by atoms with Crippen LogP contribution in [-0.4, -0.2) is 36.7 Å². The molecule has 1 amide bonds. The lowest BCUT2D eigenvalue weighted by atomic mass is 10.0. The lowest BCUT2D eigenvalue weighted by molar-refractivity contribution is -0.141. The van der Waals surface area contributed by atoms with Crippen molar-refractivity contribution in [3.8, 4) is 0 Å². The summed E-state index contributed by atoms with van der Waals surface area (Å²) in [5.41, 5.74) is 3.67. The van der Waals surface area contributed by atoms with Crippen molar-refractivity contribution in [2.45, 2.75) is 29.9 Å². The Kier molecular flexibility index (Phi) is 7.93. The molecule has 0 aliphatic carbocycles. The predicted molar refractivity (Wildman–Crippen MR) is 136 cm³/mol. The van der Waals surface area contributed by atoms with Crippen molar-refractivity contribution in [1.29, 1.82) is 0 Å². The number of methoxy groups -OCH3 is 1. The maximum atomic E-state index is 13.3. The number of amides is 1. The van der Waals surface area contributed by atoms with Crippen molar-refractivity contribution >= 4 is 35.2 Å². The average Bonchev–Trinajstić information content (AvgIpc) is 3.14. The molecule has 0 aromatic heterocycles. The zero-order valence-electron chi connectivity index (χ0n) is 19.2. The fraction of sp³-hybridized carbons (Fsp3) is 0.259. The van der Waals surface area contributed by atoms with E-state index in [2.05, 4.69) is 5.32 Å². The summed E-state index contributed by atoms with van der Waals surface area (Å²) in [5.74, 6) is -0.326. The van der Waals surface area contributed by atoms with Crippen LogP contribution < -0.4 is 5.32 Å². The number of carbonyl (C=O) groups is 2. The number of hydrogen-bond donors (Lipinski definition) is 1. The highest BCUT2D eigenvalue weighted by molar-refractivity contribution is 7.98. The molecule has 0 fully saturated rings. The van der Waals surface area contributed by atoms with E-state index in [4.69, 9.17) is 16.3 Å². The Hall–Kier alpha value is -2.80. The Balaban J connectivity index is 1.62. The van der Waals surface area contributed by atoms with Crippen LogP contribution in [0.4, 0.5) is 0 Å². The highest BCUT2D eigenvalue weighted by Gasteiger charge is 2.37. The summed E-state index contributed by atoms with van der Waals surface area (Å²) in [7, 11) is 1.39. The first-order valence-electron chi connectivity index (χ1n) is 11.1. The highest BCUT2D eigenvalue weighted by Crippen LogP contribution is 2.35. The van der Waals surface area contributed by atoms with Crippen LogP contribution in [0, 0.1) is 0 Å². The van der Waals surface area contributed by atoms with Gasteiger partial charge in [-0.15, -0.1) is 11.8 Å². The second-order valence-corrected chi connectivity index (χ2v) is 9.45. The molecule has 0 saturated heterocycles. The minimum Gasteiger partial charge on any atom is -0.469 e. The molecule has 2 unspecified atom stereocenters. The largest absolute Gasteiger partial charge is 0.469 e. The Morgan fingerprint density at radius 3 is 2.47 bits per heavy atom. The van der Waals surface area contributed by atoms with Crippen LogP contribution in [-0.2, 0) is 16.0 Å². The van der Waals surface area contributed by atoms with E-state index in [1.165, 1.54) is 7.11 Å². The van der Waals surface area contributed by atoms with Crippen molar-refractivity contribution in [3.05, 3.63) is 100 Å². The highest BCUT2D eigenvalue weighted by atomic mass is 35.5. The normalized spacial score (nSPS) is 15.8. The third-order valence-electron chi connectivity index (χ3n) is 6.09. The molecule has 1 N–H and O–H groups in total. The van der Waals surface area contributed by atoms with Crippen molar-refractivity contribution in [2.24, 2.45) is 0 Å². The first kappa shape index (κ1) is 24.3. The van der Waals surface area contributed by atoms with Crippen LogP contribution in [0.25, 0.3) is 0 Å². The van der Waals surface area contributed by atoms with Gasteiger partial charge in [-0.2, -0.15) is 0 Å². The van der Waals surface area contributed by atoms with E-state index in [-0.39, 0.29) is 30.5 Å². The minimum atomic E-state index is -0.356. The lowest BCUT2D eigenvalue weighted by Gasteiger charge is -2.30. The van der Waals surface area contributed by atoms with Gasteiger partial charge in [0.1, 0.15) is 6.17 Å². The maximum absolute atomic E-state index is 13.3. The van der Waals surface area contributed by atoms with Gasteiger partial charge in [-0.25, -0.2) is 0 Å². The third kappa shape index (κ3) is 5.46. The number of nitrogens with zero attached hydrogens (tertiary/aromatic N) is 1. The summed E-state index contributed by atoms with van der Waals surface area (Å²) >= 11 is 7.68. The fourth-order valence-electron chi connectivity index (χ4n) is 4.23. The Labute approximate surface area is 209 Å². The molecule has 0 saturated carbocycles. The average molecular weight is 495 g/mol. The smallest absolute Gasteiger partial charge is 0.307 e. The molecule has 7 heteroatoms. The van der Waals surface area contributed by atoms with Gasteiger partial charge in [-0.3, -0.25) is 14.9 Å². The molecular formula is C27H27ClN2O3S. The molecule has 0 radical (unpaired) electrons. The number of rotatable bonds is 9. The summed E-state index contributed by atoms with van der Waals surface area (Å²) in [6, 6.07) is 23.1. The Bertz CT molecular complexity index is 1150. The van der Waals surface area contributed by atoms with Crippen molar-refractivity contribution in [3.63, 3.8) is 0 Å². The number of esters is 1. The molecule has 176 valence electrons. The Morgan fingerprint density at radius 2 is 1.79 bits per heavy atom. The minimum absolute atomic E-state index is 0.0170. The number of nitrogens with one attached hydrogen (secondary N) is 1. The molecule has 4 rings (SSSR count). The number of hydrogen-bond acceptors (Lipinski definition) is 5. The van der Waals surface area contributed by atoms with Gasteiger partial charge in [0, 0.05) is 33.6 Å². The number of thioether (sulfide) groups is 1. The van der Waals surface area contributed by atoms with Crippen LogP contribution in [0.3, 0.4) is 0 Å². The van der Waals surface area contributed by atoms with Gasteiger partial charge in [0.25, 0.3) is 5.91 Å². The van der Waals surface area contributed by atoms with Gasteiger partial charge < -0.3 is 9.64 Å². The second kappa shape index (κ2) is 11.1. The summed E-state index contributed by atoms with van der Waals surface area (Å²) in [6.45, 7) is 0.531. The topological polar surface area (TPSA) is 58.6 Å². The number of fused-ring (bicyclic) bond motifs is 1. The van der Waals surface area contributed by atoms with E-state index in [0.717, 1.165) is 21.6 Å². The van der Waals surface area contributed by atoms with E-state index in [0.29, 0.717) is 23.6 Å². The van der Waals surface area contributed by atoms with E-state index < -0.39 is 0 Å². The maximum Gasteiger partial charge on any atom is 0.307 e. The van der Waals surface area contributed by atoms with Crippen molar-refractivity contribution in [2.75, 3.05) is 19.9 Å². The van der Waals surface area contributed by atoms with Crippen LogP contribution in [0.1, 0.15) is 45.7 Å². The quantitative estimate of drug-likeness (QED) is 0.307. The molecule has 0 spiro atoms. The summed E-state index contributed by atoms with van der Waals surface area (Å²) in [5, 5.41) is 4.28. The zero-order chi connectivity index (χ0) is 24.1. The van der Waals surface area contributed by atoms with E-state index >= 15 is 0 Å². The van der Waals surface area contributed by atoms with Crippen molar-refractivity contribution in [1.82, 2.24) is 10.2 Å². The lowest BCUT2D eigenvalue weighted by Crippen LogP contribution is -2.40. The monoisotopic (exact) mass is 494 g/mol. The Morgan fingerprint density at radius 1 is 1.09 bits per heavy atom. The molecular weight excluding hydrogens is 468 g/mol. The van der Waals surface area contributed by atoms with E-state index in [1.807, 2.05) is 84.0 Å². The summed E-state index contributed by atoms with van der Waals surface area (Å²) in [4.78, 5) is 28.6. The van der Waals surface area contributed by atoms with E-state index in [1.54, 1.807) is 11.8 Å². The zero-order valence-corrected chi connectivity index (χ0v) is 20.7. The molecule has 5 nitrogen and oxygen atoms in total. The number of halogens is 1. The first-order valence-corrected chi connectivity index (χ1v) is 12.7. The van der Waals surface area contributed by atoms with Gasteiger partial charge in [-0.1, -0.05) is 54.1 Å². The predicted octanol–water partition coefficient (Wildman–Crippen LogP) is 5.65. The molecule has 1 aliphatic heterocycles. The third-order valence-corrected chi connectivity index (χ3v) is 7.08. The first-order chi connectivity index (χ1) is 16.5. The van der Waals surface area contributed by atoms with Crippen LogP contribution in [0.15, 0.2) is 77.7 Å². The number of benzene rings is 3. The van der Waals surface area contributed by atoms with Crippen LogP contribution >= 0.6 is 23.4 Å². The van der Waals surface area contributed by atoms with Gasteiger partial charge in [0.15, 0.2) is 0 Å². The standard InChI is InChI=1S/C27H27ClN2O3S/c1-33-25(31)17-24(19-9-13-21(34-2)14-10-19)29-26-22-5-3-4-6-23(22)27(32)30(26)16-15-18-7-11-20(28)12-8-18/h3-14,24,26,29H,15-17H2,1-2H3. The molecule has 1 heterocycles. The van der Waals surface area contributed by atoms with Gasteiger partial charge >= 0.3 is 5.97 Å². The summed E-state index contributed by atoms with van der Waals surface area (Å²) < 4.78 is 4.97. The molecule has 3 aromatic carbocycles. The van der Waals surface area contributed by atoms with Gasteiger partial charge in [-0.05, 0) is 54.1 Å². The number of ether oxygens (including phenoxy) is 1. The molecule has 2 atom stereocenters. The van der Waals surface area contributed by atoms with Gasteiger partial charge in [0.2, 0.25) is 0 Å². The molecule has 0 bridgehead atoms. The molecule has 1 aliphatic rings. The van der Waals surface area contributed by atoms with Gasteiger partial charge in [0.05, 0.1) is 13.5 Å². The van der Waals surface area contributed by atoms with Crippen LogP contribution in [0.2, 0.25) is 5.02 Å². The summed E-state index contributed by atoms with van der Waals surface area (Å²) in [6.07, 6.45) is 2.52. The SMILES string of the molecule is COC(=O)CC(NC1c2ccccc2C(=O)N1CCc1ccc(Cl)cc1)c1ccc(SC)cc1. The second-order valence-electron chi connectivity index (χ2n) is 8.14. The fourth-order valence-corrected chi connectivity index (χ4v) is 4.77. The number of carbonyl (C=O) groups excluding carboxylic acids is 2. The molecule has 3 aromatic rings. The van der Waals surface area contributed by atoms with Crippen LogP contribution in [0.5, 0.6) is 0 Å². The molecule has 34 heavy (non-hydrogen) atoms. The van der Waals surface area contributed by atoms with Crippen molar-refractivity contribution < 1.29 is 14.3 Å². The van der Waals surface area contributed by atoms with E-state index in [9.17, 15) is 9.59 Å².